The van der Waals surface area contributed by atoms with Gasteiger partial charge in [0.05, 0.1) is 5.69 Å². The average Bonchev–Trinajstić information content (AvgIpc) is 2.43. The standard InChI is InChI=1S/C15H24FN3/c1-2-8-18-10-12-19(13-11-18)9-7-17-15-6-4-3-5-14(15)16/h3-6,17H,2,7-13H2,1H3. The van der Waals surface area contributed by atoms with Gasteiger partial charge in [0.2, 0.25) is 0 Å². The molecule has 1 aromatic carbocycles. The van der Waals surface area contributed by atoms with E-state index in [4.69, 9.17) is 0 Å². The van der Waals surface area contributed by atoms with Crippen LogP contribution >= 0.6 is 0 Å². The first-order valence-corrected chi connectivity index (χ1v) is 7.22. The Balaban J connectivity index is 1.66. The second kappa shape index (κ2) is 7.46. The zero-order valence-corrected chi connectivity index (χ0v) is 11.7. The van der Waals surface area contributed by atoms with Crippen LogP contribution in [0.4, 0.5) is 10.1 Å². The molecule has 1 aliphatic rings. The SMILES string of the molecule is CCCN1CCN(CCNc2ccccc2F)CC1. The van der Waals surface area contributed by atoms with Crippen LogP contribution in [0.5, 0.6) is 0 Å². The molecular formula is C15H24FN3. The predicted octanol–water partition coefficient (Wildman–Crippen LogP) is 2.27. The van der Waals surface area contributed by atoms with Gasteiger partial charge < -0.3 is 10.2 Å². The Morgan fingerprint density at radius 3 is 2.32 bits per heavy atom. The fraction of sp³-hybridized carbons (Fsp3) is 0.600. The summed E-state index contributed by atoms with van der Waals surface area (Å²) in [5.41, 5.74) is 0.604. The molecule has 2 rings (SSSR count). The fourth-order valence-electron chi connectivity index (χ4n) is 2.51. The molecule has 0 radical (unpaired) electrons. The summed E-state index contributed by atoms with van der Waals surface area (Å²) < 4.78 is 13.4. The number of para-hydroxylation sites is 1. The number of rotatable bonds is 6. The summed E-state index contributed by atoms with van der Waals surface area (Å²) in [5, 5.41) is 3.17. The molecule has 0 aliphatic carbocycles. The maximum atomic E-state index is 13.4. The maximum absolute atomic E-state index is 13.4. The smallest absolute Gasteiger partial charge is 0.146 e. The molecule has 1 saturated heterocycles. The summed E-state index contributed by atoms with van der Waals surface area (Å²) in [4.78, 5) is 4.96. The largest absolute Gasteiger partial charge is 0.381 e. The lowest BCUT2D eigenvalue weighted by molar-refractivity contribution is 0.136. The zero-order valence-electron chi connectivity index (χ0n) is 11.7. The van der Waals surface area contributed by atoms with Crippen molar-refractivity contribution in [3.63, 3.8) is 0 Å². The van der Waals surface area contributed by atoms with Crippen LogP contribution in [0.15, 0.2) is 24.3 Å². The van der Waals surface area contributed by atoms with E-state index < -0.39 is 0 Å². The Morgan fingerprint density at radius 1 is 1.05 bits per heavy atom. The van der Waals surface area contributed by atoms with Crippen LogP contribution < -0.4 is 5.32 Å². The first-order valence-electron chi connectivity index (χ1n) is 7.22. The Morgan fingerprint density at radius 2 is 1.68 bits per heavy atom. The molecule has 0 spiro atoms. The van der Waals surface area contributed by atoms with E-state index in [9.17, 15) is 4.39 Å². The van der Waals surface area contributed by atoms with Crippen molar-refractivity contribution in [1.29, 1.82) is 0 Å². The highest BCUT2D eigenvalue weighted by Crippen LogP contribution is 2.11. The molecule has 1 aliphatic heterocycles. The van der Waals surface area contributed by atoms with Gasteiger partial charge in [-0.3, -0.25) is 4.90 Å². The second-order valence-corrected chi connectivity index (χ2v) is 5.09. The lowest BCUT2D eigenvalue weighted by Crippen LogP contribution is -2.47. The topological polar surface area (TPSA) is 18.5 Å². The van der Waals surface area contributed by atoms with Gasteiger partial charge in [0.1, 0.15) is 5.82 Å². The monoisotopic (exact) mass is 265 g/mol. The van der Waals surface area contributed by atoms with Crippen molar-refractivity contribution in [3.05, 3.63) is 30.1 Å². The van der Waals surface area contributed by atoms with Crippen LogP contribution in [0.3, 0.4) is 0 Å². The molecule has 0 atom stereocenters. The number of hydrogen-bond acceptors (Lipinski definition) is 3. The van der Waals surface area contributed by atoms with Gasteiger partial charge in [-0.1, -0.05) is 19.1 Å². The number of piperazine rings is 1. The average molecular weight is 265 g/mol. The van der Waals surface area contributed by atoms with Crippen LogP contribution in [0, 0.1) is 5.82 Å². The molecule has 0 aromatic heterocycles. The van der Waals surface area contributed by atoms with Crippen molar-refractivity contribution in [1.82, 2.24) is 9.80 Å². The van der Waals surface area contributed by atoms with Crippen molar-refractivity contribution in [2.24, 2.45) is 0 Å². The first kappa shape index (κ1) is 14.3. The number of benzene rings is 1. The van der Waals surface area contributed by atoms with Gasteiger partial charge in [0, 0.05) is 39.3 Å². The highest BCUT2D eigenvalue weighted by atomic mass is 19.1. The van der Waals surface area contributed by atoms with E-state index in [1.54, 1.807) is 12.1 Å². The Hall–Kier alpha value is -1.13. The van der Waals surface area contributed by atoms with E-state index in [1.807, 2.05) is 6.07 Å². The third-order valence-corrected chi connectivity index (χ3v) is 3.62. The highest BCUT2D eigenvalue weighted by molar-refractivity contribution is 5.44. The molecule has 0 bridgehead atoms. The summed E-state index contributed by atoms with van der Waals surface area (Å²) >= 11 is 0. The van der Waals surface area contributed by atoms with E-state index in [0.29, 0.717) is 5.69 Å². The van der Waals surface area contributed by atoms with Gasteiger partial charge in [-0.15, -0.1) is 0 Å². The van der Waals surface area contributed by atoms with Gasteiger partial charge in [-0.25, -0.2) is 4.39 Å². The third-order valence-electron chi connectivity index (χ3n) is 3.62. The summed E-state index contributed by atoms with van der Waals surface area (Å²) in [5.74, 6) is -0.171. The van der Waals surface area contributed by atoms with Crippen LogP contribution in [0.1, 0.15) is 13.3 Å². The quantitative estimate of drug-likeness (QED) is 0.851. The van der Waals surface area contributed by atoms with Crippen molar-refractivity contribution >= 4 is 5.69 Å². The second-order valence-electron chi connectivity index (χ2n) is 5.09. The predicted molar refractivity (Wildman–Crippen MR) is 78.1 cm³/mol. The lowest BCUT2D eigenvalue weighted by atomic mass is 10.3. The Bertz CT molecular complexity index is 375. The van der Waals surface area contributed by atoms with E-state index in [1.165, 1.54) is 19.0 Å². The number of halogens is 1. The van der Waals surface area contributed by atoms with E-state index >= 15 is 0 Å². The van der Waals surface area contributed by atoms with Crippen LogP contribution in [0.25, 0.3) is 0 Å². The van der Waals surface area contributed by atoms with E-state index in [-0.39, 0.29) is 5.82 Å². The zero-order chi connectivity index (χ0) is 13.5. The van der Waals surface area contributed by atoms with Gasteiger partial charge in [-0.05, 0) is 25.1 Å². The molecule has 1 aromatic rings. The molecule has 1 heterocycles. The highest BCUT2D eigenvalue weighted by Gasteiger charge is 2.15. The minimum Gasteiger partial charge on any atom is -0.381 e. The first-order chi connectivity index (χ1) is 9.29. The third kappa shape index (κ3) is 4.48. The molecule has 106 valence electrons. The van der Waals surface area contributed by atoms with Gasteiger partial charge in [0.25, 0.3) is 0 Å². The lowest BCUT2D eigenvalue weighted by Gasteiger charge is -2.34. The van der Waals surface area contributed by atoms with Crippen LogP contribution in [-0.4, -0.2) is 55.6 Å². The van der Waals surface area contributed by atoms with E-state index in [2.05, 4.69) is 22.0 Å². The molecule has 0 amide bonds. The molecule has 4 heteroatoms. The van der Waals surface area contributed by atoms with Crippen molar-refractivity contribution < 1.29 is 4.39 Å². The van der Waals surface area contributed by atoms with Crippen molar-refractivity contribution in [2.75, 3.05) is 51.1 Å². The molecule has 0 unspecified atom stereocenters. The molecule has 1 fully saturated rings. The van der Waals surface area contributed by atoms with Gasteiger partial charge in [0.15, 0.2) is 0 Å². The Labute approximate surface area is 115 Å². The molecular weight excluding hydrogens is 241 g/mol. The number of hydrogen-bond donors (Lipinski definition) is 1. The summed E-state index contributed by atoms with van der Waals surface area (Å²) in [6.45, 7) is 9.79. The van der Waals surface area contributed by atoms with Crippen LogP contribution in [-0.2, 0) is 0 Å². The number of anilines is 1. The Kier molecular flexibility index (Phi) is 5.61. The molecule has 1 N–H and O–H groups in total. The van der Waals surface area contributed by atoms with Crippen molar-refractivity contribution in [3.8, 4) is 0 Å². The van der Waals surface area contributed by atoms with Gasteiger partial charge >= 0.3 is 0 Å². The summed E-state index contributed by atoms with van der Waals surface area (Å²) in [6.07, 6.45) is 1.23. The van der Waals surface area contributed by atoms with Crippen molar-refractivity contribution in [2.45, 2.75) is 13.3 Å². The molecule has 19 heavy (non-hydrogen) atoms. The van der Waals surface area contributed by atoms with Gasteiger partial charge in [-0.2, -0.15) is 0 Å². The van der Waals surface area contributed by atoms with E-state index in [0.717, 1.165) is 39.3 Å². The number of nitrogens with zero attached hydrogens (tertiary/aromatic N) is 2. The maximum Gasteiger partial charge on any atom is 0.146 e. The summed E-state index contributed by atoms with van der Waals surface area (Å²) in [6, 6.07) is 6.85. The number of nitrogens with one attached hydrogen (secondary N) is 1. The fourth-order valence-corrected chi connectivity index (χ4v) is 2.51. The minimum absolute atomic E-state index is 0.171. The molecule has 0 saturated carbocycles. The summed E-state index contributed by atoms with van der Waals surface area (Å²) in [7, 11) is 0. The van der Waals surface area contributed by atoms with Crippen LogP contribution in [0.2, 0.25) is 0 Å². The molecule has 3 nitrogen and oxygen atoms in total. The normalized spacial score (nSPS) is 17.6. The minimum atomic E-state index is -0.171.